The molecule has 1 heterocycles. The highest BCUT2D eigenvalue weighted by Gasteiger charge is 2.15. The van der Waals surface area contributed by atoms with Gasteiger partial charge >= 0.3 is 0 Å². The Morgan fingerprint density at radius 2 is 1.56 bits per heavy atom. The first-order chi connectivity index (χ1) is 7.95. The lowest BCUT2D eigenvalue weighted by Crippen LogP contribution is -2.33. The van der Waals surface area contributed by atoms with E-state index in [9.17, 15) is 0 Å². The van der Waals surface area contributed by atoms with Crippen LogP contribution in [0.25, 0.3) is 0 Å². The van der Waals surface area contributed by atoms with E-state index >= 15 is 0 Å². The lowest BCUT2D eigenvalue weighted by atomic mass is 9.96. The standard InChI is InChI=1S/C14H27NS/c1-2-4-6-13(5-3-1)7-10-15-14-8-11-16-12-9-14/h13-15H,1-12H2. The summed E-state index contributed by atoms with van der Waals surface area (Å²) < 4.78 is 0. The molecule has 1 aliphatic carbocycles. The maximum atomic E-state index is 3.78. The first-order valence-electron chi connectivity index (χ1n) is 7.26. The third kappa shape index (κ3) is 4.67. The van der Waals surface area contributed by atoms with Crippen molar-refractivity contribution >= 4 is 11.8 Å². The van der Waals surface area contributed by atoms with Crippen molar-refractivity contribution in [3.8, 4) is 0 Å². The normalized spacial score (nSPS) is 25.5. The Morgan fingerprint density at radius 1 is 0.875 bits per heavy atom. The van der Waals surface area contributed by atoms with Crippen LogP contribution in [-0.4, -0.2) is 24.1 Å². The molecule has 1 saturated carbocycles. The van der Waals surface area contributed by atoms with Gasteiger partial charge in [-0.3, -0.25) is 0 Å². The topological polar surface area (TPSA) is 12.0 Å². The minimum absolute atomic E-state index is 0.840. The summed E-state index contributed by atoms with van der Waals surface area (Å²) in [7, 11) is 0. The zero-order valence-electron chi connectivity index (χ0n) is 10.5. The van der Waals surface area contributed by atoms with E-state index in [1.165, 1.54) is 75.8 Å². The summed E-state index contributed by atoms with van der Waals surface area (Å²) in [6, 6.07) is 0.840. The van der Waals surface area contributed by atoms with Crippen molar-refractivity contribution in [2.75, 3.05) is 18.1 Å². The molecule has 0 aromatic carbocycles. The Kier molecular flexibility index (Phi) is 6.06. The quantitative estimate of drug-likeness (QED) is 0.751. The van der Waals surface area contributed by atoms with E-state index in [2.05, 4.69) is 17.1 Å². The van der Waals surface area contributed by atoms with Crippen LogP contribution in [0.5, 0.6) is 0 Å². The highest BCUT2D eigenvalue weighted by atomic mass is 32.2. The summed E-state index contributed by atoms with van der Waals surface area (Å²) in [6.07, 6.45) is 13.2. The van der Waals surface area contributed by atoms with E-state index in [0.717, 1.165) is 12.0 Å². The molecule has 2 rings (SSSR count). The Balaban J connectivity index is 1.55. The van der Waals surface area contributed by atoms with E-state index in [4.69, 9.17) is 0 Å². The van der Waals surface area contributed by atoms with Crippen LogP contribution >= 0.6 is 11.8 Å². The predicted octanol–water partition coefficient (Wildman–Crippen LogP) is 3.83. The Morgan fingerprint density at radius 3 is 2.25 bits per heavy atom. The lowest BCUT2D eigenvalue weighted by molar-refractivity contribution is 0.389. The van der Waals surface area contributed by atoms with Crippen molar-refractivity contribution in [1.82, 2.24) is 5.32 Å². The highest BCUT2D eigenvalue weighted by molar-refractivity contribution is 7.99. The van der Waals surface area contributed by atoms with Gasteiger partial charge in [-0.25, -0.2) is 0 Å². The van der Waals surface area contributed by atoms with Crippen molar-refractivity contribution in [2.24, 2.45) is 5.92 Å². The molecular formula is C14H27NS. The third-order valence-corrected chi connectivity index (χ3v) is 5.23. The van der Waals surface area contributed by atoms with Gasteiger partial charge in [0.05, 0.1) is 0 Å². The third-order valence-electron chi connectivity index (χ3n) is 4.18. The molecule has 0 radical (unpaired) electrons. The first-order valence-corrected chi connectivity index (χ1v) is 8.42. The fourth-order valence-electron chi connectivity index (χ4n) is 3.05. The second-order valence-corrected chi connectivity index (χ2v) is 6.71. The predicted molar refractivity (Wildman–Crippen MR) is 74.2 cm³/mol. The largest absolute Gasteiger partial charge is 0.314 e. The van der Waals surface area contributed by atoms with Crippen molar-refractivity contribution in [2.45, 2.75) is 63.8 Å². The van der Waals surface area contributed by atoms with Gasteiger partial charge in [-0.05, 0) is 43.2 Å². The van der Waals surface area contributed by atoms with Gasteiger partial charge < -0.3 is 5.32 Å². The van der Waals surface area contributed by atoms with E-state index in [0.29, 0.717) is 0 Å². The Labute approximate surface area is 105 Å². The van der Waals surface area contributed by atoms with Crippen LogP contribution in [0, 0.1) is 5.92 Å². The van der Waals surface area contributed by atoms with Crippen LogP contribution < -0.4 is 5.32 Å². The number of hydrogen-bond donors (Lipinski definition) is 1. The molecule has 0 spiro atoms. The number of nitrogens with one attached hydrogen (secondary N) is 1. The molecule has 2 aliphatic rings. The SMILES string of the molecule is C1CCCC(CCNC2CCSCC2)CC1. The summed E-state index contributed by atoms with van der Waals surface area (Å²) in [5.74, 6) is 3.79. The van der Waals surface area contributed by atoms with Crippen molar-refractivity contribution < 1.29 is 0 Å². The van der Waals surface area contributed by atoms with Crippen molar-refractivity contribution in [1.29, 1.82) is 0 Å². The van der Waals surface area contributed by atoms with Crippen molar-refractivity contribution in [3.05, 3.63) is 0 Å². The maximum absolute atomic E-state index is 3.78. The smallest absolute Gasteiger partial charge is 0.00827 e. The summed E-state index contributed by atoms with van der Waals surface area (Å²) in [5.41, 5.74) is 0. The van der Waals surface area contributed by atoms with Gasteiger partial charge in [0.15, 0.2) is 0 Å². The van der Waals surface area contributed by atoms with Gasteiger partial charge in [-0.15, -0.1) is 0 Å². The Bertz CT molecular complexity index is 170. The lowest BCUT2D eigenvalue weighted by Gasteiger charge is -2.23. The molecule has 2 heteroatoms. The second kappa shape index (κ2) is 7.60. The van der Waals surface area contributed by atoms with Crippen LogP contribution in [0.15, 0.2) is 0 Å². The van der Waals surface area contributed by atoms with Gasteiger partial charge in [0.2, 0.25) is 0 Å². The van der Waals surface area contributed by atoms with Crippen LogP contribution in [0.3, 0.4) is 0 Å². The fourth-order valence-corrected chi connectivity index (χ4v) is 4.15. The molecule has 1 nitrogen and oxygen atoms in total. The number of thioether (sulfide) groups is 1. The van der Waals surface area contributed by atoms with Crippen LogP contribution in [0.2, 0.25) is 0 Å². The molecular weight excluding hydrogens is 214 g/mol. The zero-order valence-corrected chi connectivity index (χ0v) is 11.4. The zero-order chi connectivity index (χ0) is 11.1. The molecule has 94 valence electrons. The molecule has 16 heavy (non-hydrogen) atoms. The van der Waals surface area contributed by atoms with E-state index < -0.39 is 0 Å². The van der Waals surface area contributed by atoms with E-state index in [1.54, 1.807) is 0 Å². The molecule has 0 amide bonds. The molecule has 0 bridgehead atoms. The summed E-state index contributed by atoms with van der Waals surface area (Å²) in [6.45, 7) is 1.28. The molecule has 0 atom stereocenters. The van der Waals surface area contributed by atoms with E-state index in [-0.39, 0.29) is 0 Å². The van der Waals surface area contributed by atoms with Crippen LogP contribution in [0.4, 0.5) is 0 Å². The number of hydrogen-bond acceptors (Lipinski definition) is 2. The maximum Gasteiger partial charge on any atom is 0.00827 e. The molecule has 2 fully saturated rings. The summed E-state index contributed by atoms with van der Waals surface area (Å²) in [4.78, 5) is 0. The van der Waals surface area contributed by atoms with Crippen molar-refractivity contribution in [3.63, 3.8) is 0 Å². The molecule has 1 N–H and O–H groups in total. The molecule has 1 aliphatic heterocycles. The minimum Gasteiger partial charge on any atom is -0.314 e. The second-order valence-electron chi connectivity index (χ2n) is 5.49. The van der Waals surface area contributed by atoms with Gasteiger partial charge in [-0.1, -0.05) is 38.5 Å². The summed E-state index contributed by atoms with van der Waals surface area (Å²) >= 11 is 2.12. The first kappa shape index (κ1) is 12.8. The monoisotopic (exact) mass is 241 g/mol. The Hall–Kier alpha value is 0.310. The van der Waals surface area contributed by atoms with Crippen LogP contribution in [0.1, 0.15) is 57.8 Å². The highest BCUT2D eigenvalue weighted by Crippen LogP contribution is 2.25. The van der Waals surface area contributed by atoms with Gasteiger partial charge in [0.25, 0.3) is 0 Å². The van der Waals surface area contributed by atoms with Crippen LogP contribution in [-0.2, 0) is 0 Å². The average molecular weight is 241 g/mol. The van der Waals surface area contributed by atoms with Gasteiger partial charge in [-0.2, -0.15) is 11.8 Å². The minimum atomic E-state index is 0.840. The molecule has 0 unspecified atom stereocenters. The number of rotatable bonds is 4. The van der Waals surface area contributed by atoms with Gasteiger partial charge in [0, 0.05) is 6.04 Å². The fraction of sp³-hybridized carbons (Fsp3) is 1.00. The molecule has 0 aromatic rings. The molecule has 0 aromatic heterocycles. The summed E-state index contributed by atoms with van der Waals surface area (Å²) in [5, 5.41) is 3.78. The average Bonchev–Trinajstić information content (AvgIpc) is 2.59. The van der Waals surface area contributed by atoms with Gasteiger partial charge in [0.1, 0.15) is 0 Å². The molecule has 1 saturated heterocycles. The van der Waals surface area contributed by atoms with E-state index in [1.807, 2.05) is 0 Å².